The molecule has 4 rings (SSSR count). The van der Waals surface area contributed by atoms with Crippen molar-refractivity contribution in [2.75, 3.05) is 0 Å². The second kappa shape index (κ2) is 4.95. The van der Waals surface area contributed by atoms with E-state index in [1.807, 2.05) is 17.9 Å². The zero-order valence-electron chi connectivity index (χ0n) is 12.5. The first-order valence-corrected chi connectivity index (χ1v) is 7.95. The fourth-order valence-electron chi connectivity index (χ4n) is 3.10. The summed E-state index contributed by atoms with van der Waals surface area (Å²) < 4.78 is 1.88. The average Bonchev–Trinajstić information content (AvgIpc) is 3.11. The normalized spacial score (nSPS) is 20.2. The quantitative estimate of drug-likeness (QED) is 0.917. The maximum absolute atomic E-state index is 4.62. The first-order valence-electron chi connectivity index (χ1n) is 7.95. The molecule has 0 radical (unpaired) electrons. The smallest absolute Gasteiger partial charge is 0.0825 e. The van der Waals surface area contributed by atoms with E-state index in [2.05, 4.69) is 39.8 Å². The Balaban J connectivity index is 1.40. The van der Waals surface area contributed by atoms with Gasteiger partial charge in [-0.1, -0.05) is 12.5 Å². The molecule has 0 bridgehead atoms. The van der Waals surface area contributed by atoms with Gasteiger partial charge >= 0.3 is 0 Å². The van der Waals surface area contributed by atoms with E-state index in [-0.39, 0.29) is 5.54 Å². The van der Waals surface area contributed by atoms with E-state index in [9.17, 15) is 0 Å². The first kappa shape index (κ1) is 13.0. The molecule has 1 N–H and O–H groups in total. The van der Waals surface area contributed by atoms with Crippen molar-refractivity contribution in [2.24, 2.45) is 7.05 Å². The highest BCUT2D eigenvalue weighted by atomic mass is 15.3. The van der Waals surface area contributed by atoms with Crippen molar-refractivity contribution in [1.82, 2.24) is 20.1 Å². The van der Waals surface area contributed by atoms with Crippen LogP contribution in [-0.2, 0) is 19.1 Å². The molecule has 4 heteroatoms. The third-order valence-electron chi connectivity index (χ3n) is 4.99. The van der Waals surface area contributed by atoms with Crippen LogP contribution in [0.2, 0.25) is 0 Å². The Morgan fingerprint density at radius 2 is 2.14 bits per heavy atom. The summed E-state index contributed by atoms with van der Waals surface area (Å²) in [5.74, 6) is 0.766. The van der Waals surface area contributed by atoms with Crippen LogP contribution in [0.1, 0.15) is 55.0 Å². The van der Waals surface area contributed by atoms with E-state index < -0.39 is 0 Å². The molecule has 0 aliphatic heterocycles. The summed E-state index contributed by atoms with van der Waals surface area (Å²) in [5, 5.41) is 8.20. The van der Waals surface area contributed by atoms with Crippen molar-refractivity contribution in [3.05, 3.63) is 47.5 Å². The molecule has 0 aromatic carbocycles. The highest BCUT2D eigenvalue weighted by molar-refractivity contribution is 5.23. The number of nitrogens with one attached hydrogen (secondary N) is 1. The van der Waals surface area contributed by atoms with Crippen molar-refractivity contribution in [2.45, 2.75) is 50.1 Å². The molecule has 21 heavy (non-hydrogen) atoms. The summed E-state index contributed by atoms with van der Waals surface area (Å²) in [6.07, 6.45) is 10.5. The molecule has 2 saturated carbocycles. The van der Waals surface area contributed by atoms with Gasteiger partial charge in [0.1, 0.15) is 0 Å². The number of aromatic nitrogens is 3. The Labute approximate surface area is 125 Å². The van der Waals surface area contributed by atoms with Crippen molar-refractivity contribution >= 4 is 0 Å². The molecule has 0 amide bonds. The molecule has 2 aromatic heterocycles. The van der Waals surface area contributed by atoms with Crippen LogP contribution in [-0.4, -0.2) is 14.8 Å². The van der Waals surface area contributed by atoms with Gasteiger partial charge in [-0.25, -0.2) is 0 Å². The van der Waals surface area contributed by atoms with E-state index >= 15 is 0 Å². The standard InChI is InChI=1S/C17H22N4/c1-21-10-7-16(20-21)17(8-9-17)19-12-15-6-5-14(11-18-15)13-3-2-4-13/h5-7,10-11,13,19H,2-4,8-9,12H2,1H3. The number of hydrogen-bond donors (Lipinski definition) is 1. The Hall–Kier alpha value is -1.68. The molecule has 110 valence electrons. The summed E-state index contributed by atoms with van der Waals surface area (Å²) in [5.41, 5.74) is 3.79. The maximum atomic E-state index is 4.62. The average molecular weight is 282 g/mol. The molecular weight excluding hydrogens is 260 g/mol. The molecule has 4 nitrogen and oxygen atoms in total. The van der Waals surface area contributed by atoms with Crippen LogP contribution >= 0.6 is 0 Å². The lowest BCUT2D eigenvalue weighted by Crippen LogP contribution is -2.29. The van der Waals surface area contributed by atoms with Gasteiger partial charge in [-0.2, -0.15) is 5.10 Å². The molecule has 0 atom stereocenters. The van der Waals surface area contributed by atoms with E-state index in [1.165, 1.54) is 37.7 Å². The lowest BCUT2D eigenvalue weighted by Gasteiger charge is -2.25. The second-order valence-electron chi connectivity index (χ2n) is 6.52. The van der Waals surface area contributed by atoms with Gasteiger partial charge in [-0.3, -0.25) is 9.67 Å². The SMILES string of the molecule is Cn1ccc(C2(NCc3ccc(C4CCC4)cn3)CC2)n1. The second-order valence-corrected chi connectivity index (χ2v) is 6.52. The number of aryl methyl sites for hydroxylation is 1. The fraction of sp³-hybridized carbons (Fsp3) is 0.529. The van der Waals surface area contributed by atoms with Crippen LogP contribution in [0.4, 0.5) is 0 Å². The lowest BCUT2D eigenvalue weighted by atomic mass is 9.81. The Morgan fingerprint density at radius 1 is 1.29 bits per heavy atom. The number of nitrogens with zero attached hydrogens (tertiary/aromatic N) is 3. The van der Waals surface area contributed by atoms with Gasteiger partial charge in [-0.15, -0.1) is 0 Å². The molecule has 2 aromatic rings. The molecular formula is C17H22N4. The molecule has 2 fully saturated rings. The topological polar surface area (TPSA) is 42.7 Å². The van der Waals surface area contributed by atoms with Crippen LogP contribution in [0, 0.1) is 0 Å². The zero-order valence-corrected chi connectivity index (χ0v) is 12.5. The van der Waals surface area contributed by atoms with Crippen molar-refractivity contribution in [1.29, 1.82) is 0 Å². The molecule has 2 aliphatic carbocycles. The van der Waals surface area contributed by atoms with Gasteiger partial charge in [0, 0.05) is 26.0 Å². The molecule has 0 saturated heterocycles. The monoisotopic (exact) mass is 282 g/mol. The molecule has 2 aliphatic rings. The Kier molecular flexibility index (Phi) is 3.07. The van der Waals surface area contributed by atoms with Gasteiger partial charge in [0.15, 0.2) is 0 Å². The maximum Gasteiger partial charge on any atom is 0.0825 e. The van der Waals surface area contributed by atoms with E-state index in [1.54, 1.807) is 0 Å². The predicted molar refractivity (Wildman–Crippen MR) is 81.8 cm³/mol. The van der Waals surface area contributed by atoms with E-state index in [0.717, 1.165) is 23.9 Å². The Morgan fingerprint density at radius 3 is 2.67 bits per heavy atom. The minimum Gasteiger partial charge on any atom is -0.300 e. The predicted octanol–water partition coefficient (Wildman–Crippen LogP) is 2.86. The zero-order chi connectivity index (χ0) is 14.3. The summed E-state index contributed by atoms with van der Waals surface area (Å²) in [6.45, 7) is 0.821. The van der Waals surface area contributed by atoms with Crippen LogP contribution in [0.15, 0.2) is 30.6 Å². The van der Waals surface area contributed by atoms with E-state index in [0.29, 0.717) is 0 Å². The number of hydrogen-bond acceptors (Lipinski definition) is 3. The first-order chi connectivity index (χ1) is 10.3. The third-order valence-corrected chi connectivity index (χ3v) is 4.99. The largest absolute Gasteiger partial charge is 0.300 e. The number of pyridine rings is 1. The number of rotatable bonds is 5. The van der Waals surface area contributed by atoms with E-state index in [4.69, 9.17) is 0 Å². The van der Waals surface area contributed by atoms with Crippen molar-refractivity contribution in [3.8, 4) is 0 Å². The van der Waals surface area contributed by atoms with Crippen LogP contribution in [0.5, 0.6) is 0 Å². The minimum atomic E-state index is 0.0928. The highest BCUT2D eigenvalue weighted by Gasteiger charge is 2.45. The van der Waals surface area contributed by atoms with Gasteiger partial charge in [0.25, 0.3) is 0 Å². The lowest BCUT2D eigenvalue weighted by molar-refractivity contribution is 0.418. The molecule has 0 spiro atoms. The third kappa shape index (κ3) is 2.48. The Bertz CT molecular complexity index is 620. The molecule has 0 unspecified atom stereocenters. The van der Waals surface area contributed by atoms with Gasteiger partial charge in [0.05, 0.1) is 16.9 Å². The van der Waals surface area contributed by atoms with Crippen LogP contribution in [0.25, 0.3) is 0 Å². The molecule has 2 heterocycles. The van der Waals surface area contributed by atoms with Crippen molar-refractivity contribution in [3.63, 3.8) is 0 Å². The van der Waals surface area contributed by atoms with Crippen LogP contribution < -0.4 is 5.32 Å². The summed E-state index contributed by atoms with van der Waals surface area (Å²) in [6, 6.07) is 6.55. The van der Waals surface area contributed by atoms with Gasteiger partial charge in [-0.05, 0) is 49.3 Å². The van der Waals surface area contributed by atoms with Gasteiger partial charge in [0.2, 0.25) is 0 Å². The highest BCUT2D eigenvalue weighted by Crippen LogP contribution is 2.44. The summed E-state index contributed by atoms with van der Waals surface area (Å²) in [7, 11) is 1.97. The fourth-order valence-corrected chi connectivity index (χ4v) is 3.10. The summed E-state index contributed by atoms with van der Waals surface area (Å²) in [4.78, 5) is 4.62. The van der Waals surface area contributed by atoms with Gasteiger partial charge < -0.3 is 5.32 Å². The van der Waals surface area contributed by atoms with Crippen LogP contribution in [0.3, 0.4) is 0 Å². The minimum absolute atomic E-state index is 0.0928. The summed E-state index contributed by atoms with van der Waals surface area (Å²) >= 11 is 0. The van der Waals surface area contributed by atoms with Crippen molar-refractivity contribution < 1.29 is 0 Å².